The van der Waals surface area contributed by atoms with Crippen LogP contribution in [-0.4, -0.2) is 29.5 Å². The second kappa shape index (κ2) is 8.21. The highest BCUT2D eigenvalue weighted by Crippen LogP contribution is 2.04. The van der Waals surface area contributed by atoms with Gasteiger partial charge in [-0.15, -0.1) is 11.6 Å². The van der Waals surface area contributed by atoms with Crippen LogP contribution in [0.2, 0.25) is 0 Å². The van der Waals surface area contributed by atoms with E-state index in [2.05, 4.69) is 19.2 Å². The Labute approximate surface area is 85.6 Å². The molecule has 0 aliphatic carbocycles. The third kappa shape index (κ3) is 8.69. The summed E-state index contributed by atoms with van der Waals surface area (Å²) in [5.74, 6) is 2.42. The van der Waals surface area contributed by atoms with Gasteiger partial charge >= 0.3 is 0 Å². The summed E-state index contributed by atoms with van der Waals surface area (Å²) in [6.07, 6.45) is 1.05. The summed E-state index contributed by atoms with van der Waals surface area (Å²) in [7, 11) is 0. The summed E-state index contributed by atoms with van der Waals surface area (Å²) in [5.41, 5.74) is 0. The van der Waals surface area contributed by atoms with Crippen LogP contribution in [0, 0.1) is 0 Å². The molecule has 0 radical (unpaired) electrons. The Morgan fingerprint density at radius 3 is 2.58 bits per heavy atom. The third-order valence-corrected chi connectivity index (χ3v) is 2.70. The summed E-state index contributed by atoms with van der Waals surface area (Å²) in [5, 5.41) is 3.73. The predicted molar refractivity (Wildman–Crippen MR) is 60.4 cm³/mol. The van der Waals surface area contributed by atoms with E-state index in [1.807, 2.05) is 18.7 Å². The average Bonchev–Trinajstić information content (AvgIpc) is 1.97. The zero-order valence-corrected chi connectivity index (χ0v) is 9.84. The highest BCUT2D eigenvalue weighted by Gasteiger charge is 2.04. The number of hydrogen-bond donors (Lipinski definition) is 1. The van der Waals surface area contributed by atoms with Gasteiger partial charge in [-0.05, 0) is 26.0 Å². The molecule has 0 aliphatic heterocycles. The van der Waals surface area contributed by atoms with Crippen LogP contribution in [0.3, 0.4) is 0 Å². The van der Waals surface area contributed by atoms with E-state index in [0.29, 0.717) is 6.04 Å². The molecule has 0 saturated heterocycles. The summed E-state index contributed by atoms with van der Waals surface area (Å²) in [4.78, 5) is 0. The van der Waals surface area contributed by atoms with Gasteiger partial charge in [0.1, 0.15) is 0 Å². The molecular formula is C9H20ClNS. The van der Waals surface area contributed by atoms with Crippen molar-refractivity contribution in [3.8, 4) is 0 Å². The first kappa shape index (κ1) is 12.6. The van der Waals surface area contributed by atoms with E-state index in [1.165, 1.54) is 11.5 Å². The highest BCUT2D eigenvalue weighted by atomic mass is 35.5. The molecule has 0 amide bonds. The summed E-state index contributed by atoms with van der Waals surface area (Å²) >= 11 is 7.84. The Hall–Kier alpha value is 0.600. The van der Waals surface area contributed by atoms with Crippen molar-refractivity contribution in [3.63, 3.8) is 0 Å². The molecule has 0 aromatic carbocycles. The largest absolute Gasteiger partial charge is 0.313 e. The Bertz CT molecular complexity index is 98.5. The van der Waals surface area contributed by atoms with Crippen molar-refractivity contribution in [2.45, 2.75) is 38.6 Å². The molecule has 2 atom stereocenters. The van der Waals surface area contributed by atoms with Crippen molar-refractivity contribution in [2.24, 2.45) is 0 Å². The molecule has 0 heterocycles. The molecular weight excluding hydrogens is 190 g/mol. The number of alkyl halides is 1. The van der Waals surface area contributed by atoms with Gasteiger partial charge in [0.25, 0.3) is 0 Å². The maximum absolute atomic E-state index is 5.87. The Morgan fingerprint density at radius 2 is 2.08 bits per heavy atom. The van der Waals surface area contributed by atoms with Crippen molar-refractivity contribution in [2.75, 3.05) is 18.1 Å². The van der Waals surface area contributed by atoms with E-state index in [0.717, 1.165) is 13.0 Å². The van der Waals surface area contributed by atoms with Gasteiger partial charge in [-0.2, -0.15) is 11.8 Å². The summed E-state index contributed by atoms with van der Waals surface area (Å²) in [6, 6.07) is 0.551. The van der Waals surface area contributed by atoms with Crippen molar-refractivity contribution in [1.29, 1.82) is 0 Å². The first-order valence-electron chi connectivity index (χ1n) is 4.62. The van der Waals surface area contributed by atoms with E-state index in [1.54, 1.807) is 0 Å². The number of halogens is 1. The van der Waals surface area contributed by atoms with Crippen LogP contribution in [0.5, 0.6) is 0 Å². The zero-order valence-electron chi connectivity index (χ0n) is 8.27. The lowest BCUT2D eigenvalue weighted by molar-refractivity contribution is 0.529. The minimum Gasteiger partial charge on any atom is -0.313 e. The van der Waals surface area contributed by atoms with E-state index in [4.69, 9.17) is 11.6 Å². The smallest absolute Gasteiger partial charge is 0.0322 e. The minimum atomic E-state index is 0.284. The van der Waals surface area contributed by atoms with Crippen molar-refractivity contribution < 1.29 is 0 Å². The molecule has 0 spiro atoms. The van der Waals surface area contributed by atoms with Gasteiger partial charge in [0.2, 0.25) is 0 Å². The molecule has 1 nitrogen and oxygen atoms in total. The van der Waals surface area contributed by atoms with Crippen molar-refractivity contribution in [3.05, 3.63) is 0 Å². The van der Waals surface area contributed by atoms with Gasteiger partial charge in [-0.3, -0.25) is 0 Å². The monoisotopic (exact) mass is 209 g/mol. The standard InChI is InChI=1S/C9H20ClNS/c1-4-12-6-5-11-9(3)7-8(2)10/h8-9,11H,4-7H2,1-3H3. The lowest BCUT2D eigenvalue weighted by Crippen LogP contribution is -2.29. The fourth-order valence-electron chi connectivity index (χ4n) is 1.09. The SMILES string of the molecule is CCSCCNC(C)CC(C)Cl. The van der Waals surface area contributed by atoms with Crippen molar-refractivity contribution in [1.82, 2.24) is 5.32 Å². The minimum absolute atomic E-state index is 0.284. The Morgan fingerprint density at radius 1 is 1.42 bits per heavy atom. The molecule has 0 fully saturated rings. The molecule has 1 N–H and O–H groups in total. The maximum Gasteiger partial charge on any atom is 0.0322 e. The molecule has 0 rings (SSSR count). The first-order valence-corrected chi connectivity index (χ1v) is 6.21. The fraction of sp³-hybridized carbons (Fsp3) is 1.00. The number of nitrogens with one attached hydrogen (secondary N) is 1. The molecule has 0 aromatic heterocycles. The fourth-order valence-corrected chi connectivity index (χ4v) is 1.91. The van der Waals surface area contributed by atoms with Gasteiger partial charge < -0.3 is 5.32 Å². The van der Waals surface area contributed by atoms with E-state index in [9.17, 15) is 0 Å². The molecule has 0 aromatic rings. The molecule has 3 heteroatoms. The summed E-state index contributed by atoms with van der Waals surface area (Å²) < 4.78 is 0. The van der Waals surface area contributed by atoms with Crippen LogP contribution in [0.1, 0.15) is 27.2 Å². The van der Waals surface area contributed by atoms with Crippen molar-refractivity contribution >= 4 is 23.4 Å². The zero-order chi connectivity index (χ0) is 9.40. The van der Waals surface area contributed by atoms with Gasteiger partial charge in [-0.1, -0.05) is 6.92 Å². The predicted octanol–water partition coefficient (Wildman–Crippen LogP) is 2.74. The highest BCUT2D eigenvalue weighted by molar-refractivity contribution is 7.99. The second-order valence-corrected chi connectivity index (χ2v) is 5.21. The molecule has 0 aliphatic rings. The quantitative estimate of drug-likeness (QED) is 0.511. The van der Waals surface area contributed by atoms with Gasteiger partial charge in [0.05, 0.1) is 0 Å². The first-order chi connectivity index (χ1) is 5.66. The Kier molecular flexibility index (Phi) is 8.62. The molecule has 0 saturated carbocycles. The normalized spacial score (nSPS) is 16.0. The van der Waals surface area contributed by atoms with E-state index >= 15 is 0 Å². The molecule has 74 valence electrons. The van der Waals surface area contributed by atoms with Gasteiger partial charge in [0.15, 0.2) is 0 Å². The molecule has 12 heavy (non-hydrogen) atoms. The van der Waals surface area contributed by atoms with Crippen LogP contribution in [0.25, 0.3) is 0 Å². The average molecular weight is 210 g/mol. The second-order valence-electron chi connectivity index (χ2n) is 3.07. The number of hydrogen-bond acceptors (Lipinski definition) is 2. The Balaban J connectivity index is 3.14. The van der Waals surface area contributed by atoms with E-state index < -0.39 is 0 Å². The van der Waals surface area contributed by atoms with Crippen LogP contribution < -0.4 is 5.32 Å². The van der Waals surface area contributed by atoms with Crippen LogP contribution >= 0.6 is 23.4 Å². The maximum atomic E-state index is 5.87. The summed E-state index contributed by atoms with van der Waals surface area (Å²) in [6.45, 7) is 7.52. The van der Waals surface area contributed by atoms with Gasteiger partial charge in [0, 0.05) is 23.7 Å². The topological polar surface area (TPSA) is 12.0 Å². The molecule has 2 unspecified atom stereocenters. The van der Waals surface area contributed by atoms with E-state index in [-0.39, 0.29) is 5.38 Å². The number of rotatable bonds is 7. The lowest BCUT2D eigenvalue weighted by atomic mass is 10.2. The third-order valence-electron chi connectivity index (χ3n) is 1.62. The lowest BCUT2D eigenvalue weighted by Gasteiger charge is -2.14. The molecule has 0 bridgehead atoms. The van der Waals surface area contributed by atoms with Crippen LogP contribution in [0.4, 0.5) is 0 Å². The number of thioether (sulfide) groups is 1. The van der Waals surface area contributed by atoms with Gasteiger partial charge in [-0.25, -0.2) is 0 Å². The van der Waals surface area contributed by atoms with Crippen LogP contribution in [-0.2, 0) is 0 Å². The van der Waals surface area contributed by atoms with Crippen LogP contribution in [0.15, 0.2) is 0 Å².